The molecule has 24 heavy (non-hydrogen) atoms. The Morgan fingerprint density at radius 3 is 2.54 bits per heavy atom. The number of hydrogen-bond donors (Lipinski definition) is 1. The number of amides is 1. The molecule has 2 aromatic carbocycles. The van der Waals surface area contributed by atoms with E-state index in [1.165, 1.54) is 13.2 Å². The predicted octanol–water partition coefficient (Wildman–Crippen LogP) is 3.63. The van der Waals surface area contributed by atoms with E-state index in [0.29, 0.717) is 6.54 Å². The van der Waals surface area contributed by atoms with Crippen LogP contribution in [0.1, 0.15) is 5.56 Å². The number of halogens is 1. The van der Waals surface area contributed by atoms with Crippen molar-refractivity contribution >= 4 is 23.4 Å². The van der Waals surface area contributed by atoms with Crippen molar-refractivity contribution in [2.45, 2.75) is 11.4 Å². The average molecular weight is 348 g/mol. The maximum atomic E-state index is 13.7. The van der Waals surface area contributed by atoms with Crippen LogP contribution in [0.25, 0.3) is 0 Å². The van der Waals surface area contributed by atoms with Gasteiger partial charge in [0, 0.05) is 17.1 Å². The maximum Gasteiger partial charge on any atom is 0.238 e. The first-order chi connectivity index (χ1) is 11.5. The molecule has 0 saturated carbocycles. The summed E-state index contributed by atoms with van der Waals surface area (Å²) in [6.45, 7) is 0.692. The van der Waals surface area contributed by atoms with Crippen LogP contribution in [0.4, 0.5) is 10.1 Å². The summed E-state index contributed by atoms with van der Waals surface area (Å²) in [5, 5.41) is 2.86. The van der Waals surface area contributed by atoms with Crippen LogP contribution in [0.3, 0.4) is 0 Å². The summed E-state index contributed by atoms with van der Waals surface area (Å²) in [6, 6.07) is 12.5. The monoisotopic (exact) mass is 348 g/mol. The highest BCUT2D eigenvalue weighted by molar-refractivity contribution is 7.98. The molecular formula is C18H21FN2O2S. The Labute approximate surface area is 146 Å². The zero-order valence-electron chi connectivity index (χ0n) is 14.0. The molecule has 6 heteroatoms. The molecule has 0 aliphatic heterocycles. The summed E-state index contributed by atoms with van der Waals surface area (Å²) < 4.78 is 18.6. The number of hydrogen-bond acceptors (Lipinski definition) is 4. The minimum atomic E-state index is -0.401. The number of nitrogens with zero attached hydrogens (tertiary/aromatic N) is 1. The van der Waals surface area contributed by atoms with Gasteiger partial charge in [0.2, 0.25) is 5.91 Å². The van der Waals surface area contributed by atoms with Crippen molar-refractivity contribution in [2.75, 3.05) is 32.3 Å². The van der Waals surface area contributed by atoms with Crippen LogP contribution in [0.2, 0.25) is 0 Å². The fraction of sp³-hybridized carbons (Fsp3) is 0.278. The lowest BCUT2D eigenvalue weighted by Crippen LogP contribution is -2.29. The third-order valence-corrected chi connectivity index (χ3v) is 4.20. The van der Waals surface area contributed by atoms with Gasteiger partial charge in [0.1, 0.15) is 0 Å². The Hall–Kier alpha value is -2.05. The smallest absolute Gasteiger partial charge is 0.238 e. The number of ether oxygens (including phenoxy) is 1. The number of thioether (sulfide) groups is 1. The van der Waals surface area contributed by atoms with Crippen LogP contribution in [0, 0.1) is 5.82 Å². The molecule has 1 amide bonds. The fourth-order valence-electron chi connectivity index (χ4n) is 2.30. The van der Waals surface area contributed by atoms with Crippen molar-refractivity contribution in [3.05, 3.63) is 53.8 Å². The summed E-state index contributed by atoms with van der Waals surface area (Å²) >= 11 is 1.65. The van der Waals surface area contributed by atoms with E-state index in [1.54, 1.807) is 23.9 Å². The molecule has 4 nitrogen and oxygen atoms in total. The first-order valence-electron chi connectivity index (χ1n) is 7.46. The van der Waals surface area contributed by atoms with Crippen molar-refractivity contribution in [3.63, 3.8) is 0 Å². The lowest BCUT2D eigenvalue weighted by atomic mass is 10.2. The van der Waals surface area contributed by atoms with Gasteiger partial charge in [-0.25, -0.2) is 4.39 Å². The van der Waals surface area contributed by atoms with Gasteiger partial charge < -0.3 is 10.1 Å². The summed E-state index contributed by atoms with van der Waals surface area (Å²) in [7, 11) is 3.25. The standard InChI is InChI=1S/C18H21FN2O2S/c1-21(11-13-4-9-17(23-2)16(19)10-13)12-18(22)20-14-5-7-15(24-3)8-6-14/h4-10H,11-12H2,1-3H3,(H,20,22). The van der Waals surface area contributed by atoms with E-state index in [0.717, 1.165) is 16.1 Å². The third kappa shape index (κ3) is 5.25. The Morgan fingerprint density at radius 1 is 1.25 bits per heavy atom. The highest BCUT2D eigenvalue weighted by Gasteiger charge is 2.10. The Balaban J connectivity index is 1.87. The van der Waals surface area contributed by atoms with Crippen LogP contribution < -0.4 is 10.1 Å². The number of anilines is 1. The molecule has 0 saturated heterocycles. The molecule has 0 unspecified atom stereocenters. The lowest BCUT2D eigenvalue weighted by Gasteiger charge is -2.17. The molecular weight excluding hydrogens is 327 g/mol. The van der Waals surface area contributed by atoms with Crippen molar-refractivity contribution in [1.82, 2.24) is 4.90 Å². The van der Waals surface area contributed by atoms with Crippen molar-refractivity contribution < 1.29 is 13.9 Å². The van der Waals surface area contributed by atoms with Gasteiger partial charge in [-0.3, -0.25) is 9.69 Å². The summed E-state index contributed by atoms with van der Waals surface area (Å²) in [6.07, 6.45) is 2.00. The van der Waals surface area contributed by atoms with Gasteiger partial charge >= 0.3 is 0 Å². The second-order valence-electron chi connectivity index (χ2n) is 5.42. The maximum absolute atomic E-state index is 13.7. The van der Waals surface area contributed by atoms with E-state index in [-0.39, 0.29) is 18.2 Å². The van der Waals surface area contributed by atoms with Crippen molar-refractivity contribution in [3.8, 4) is 5.75 Å². The Bertz CT molecular complexity index is 692. The number of nitrogens with one attached hydrogen (secondary N) is 1. The molecule has 0 aromatic heterocycles. The van der Waals surface area contributed by atoms with Crippen molar-refractivity contribution in [1.29, 1.82) is 0 Å². The zero-order valence-corrected chi connectivity index (χ0v) is 14.8. The number of benzene rings is 2. The molecule has 2 aromatic rings. The molecule has 0 aliphatic rings. The van der Waals surface area contributed by atoms with E-state index < -0.39 is 5.82 Å². The average Bonchev–Trinajstić information content (AvgIpc) is 2.55. The largest absolute Gasteiger partial charge is 0.494 e. The minimum Gasteiger partial charge on any atom is -0.494 e. The molecule has 0 atom stereocenters. The third-order valence-electron chi connectivity index (χ3n) is 3.46. The first-order valence-corrected chi connectivity index (χ1v) is 8.69. The number of carbonyl (C=O) groups is 1. The van der Waals surface area contributed by atoms with Crippen LogP contribution in [-0.2, 0) is 11.3 Å². The molecule has 0 bridgehead atoms. The van der Waals surface area contributed by atoms with Gasteiger partial charge in [0.15, 0.2) is 11.6 Å². The molecule has 1 N–H and O–H groups in total. The van der Waals surface area contributed by atoms with Crippen LogP contribution in [0.5, 0.6) is 5.75 Å². The van der Waals surface area contributed by atoms with Crippen LogP contribution in [-0.4, -0.2) is 37.8 Å². The van der Waals surface area contributed by atoms with Crippen LogP contribution >= 0.6 is 11.8 Å². The van der Waals surface area contributed by atoms with E-state index in [1.807, 2.05) is 42.5 Å². The SMILES string of the molecule is COc1ccc(CN(C)CC(=O)Nc2ccc(SC)cc2)cc1F. The highest BCUT2D eigenvalue weighted by Crippen LogP contribution is 2.19. The van der Waals surface area contributed by atoms with Crippen LogP contribution in [0.15, 0.2) is 47.4 Å². The molecule has 0 fully saturated rings. The summed E-state index contributed by atoms with van der Waals surface area (Å²) in [5.41, 5.74) is 1.55. The van der Waals surface area contributed by atoms with Gasteiger partial charge in [-0.1, -0.05) is 6.07 Å². The summed E-state index contributed by atoms with van der Waals surface area (Å²) in [4.78, 5) is 15.1. The predicted molar refractivity (Wildman–Crippen MR) is 96.1 cm³/mol. The topological polar surface area (TPSA) is 41.6 Å². The second-order valence-corrected chi connectivity index (χ2v) is 6.30. The van der Waals surface area contributed by atoms with E-state index in [2.05, 4.69) is 5.32 Å². The molecule has 2 rings (SSSR count). The van der Waals surface area contributed by atoms with Gasteiger partial charge in [-0.05, 0) is 55.3 Å². The number of carbonyl (C=O) groups excluding carboxylic acids is 1. The molecule has 0 aliphatic carbocycles. The quantitative estimate of drug-likeness (QED) is 0.776. The van der Waals surface area contributed by atoms with Gasteiger partial charge in [-0.2, -0.15) is 0 Å². The first kappa shape index (κ1) is 18.3. The molecule has 0 heterocycles. The number of methoxy groups -OCH3 is 1. The number of likely N-dealkylation sites (N-methyl/N-ethyl adjacent to an activating group) is 1. The molecule has 128 valence electrons. The molecule has 0 spiro atoms. The summed E-state index contributed by atoms with van der Waals surface area (Å²) in [5.74, 6) is -0.294. The Kier molecular flexibility index (Phi) is 6.63. The normalized spacial score (nSPS) is 10.7. The van der Waals surface area contributed by atoms with Crippen molar-refractivity contribution in [2.24, 2.45) is 0 Å². The zero-order chi connectivity index (χ0) is 17.5. The van der Waals surface area contributed by atoms with Gasteiger partial charge in [0.05, 0.1) is 13.7 Å². The highest BCUT2D eigenvalue weighted by atomic mass is 32.2. The lowest BCUT2D eigenvalue weighted by molar-refractivity contribution is -0.117. The van der Waals surface area contributed by atoms with Gasteiger partial charge in [-0.15, -0.1) is 11.8 Å². The second kappa shape index (κ2) is 8.70. The van der Waals surface area contributed by atoms with Gasteiger partial charge in [0.25, 0.3) is 0 Å². The fourth-order valence-corrected chi connectivity index (χ4v) is 2.70. The number of rotatable bonds is 7. The minimum absolute atomic E-state index is 0.108. The van der Waals surface area contributed by atoms with E-state index in [9.17, 15) is 9.18 Å². The Morgan fingerprint density at radius 2 is 1.96 bits per heavy atom. The molecule has 0 radical (unpaired) electrons. The van der Waals surface area contributed by atoms with E-state index >= 15 is 0 Å². The van der Waals surface area contributed by atoms with E-state index in [4.69, 9.17) is 4.74 Å².